The maximum atomic E-state index is 11.0. The Hall–Kier alpha value is -2.59. The van der Waals surface area contributed by atoms with Crippen molar-refractivity contribution in [2.45, 2.75) is 31.8 Å². The summed E-state index contributed by atoms with van der Waals surface area (Å²) >= 11 is 0. The number of carboxylic acids is 1. The lowest BCUT2D eigenvalue weighted by Crippen LogP contribution is -2.33. The number of nitrogens with zero attached hydrogens (tertiary/aromatic N) is 1. The number of rotatable bonds is 4. The number of H-pyrrole nitrogens is 1. The van der Waals surface area contributed by atoms with E-state index in [4.69, 9.17) is 5.11 Å². The number of benzene rings is 2. The van der Waals surface area contributed by atoms with Crippen molar-refractivity contribution in [1.29, 1.82) is 0 Å². The van der Waals surface area contributed by atoms with Crippen LogP contribution in [0.15, 0.2) is 54.6 Å². The number of nitrogens with one attached hydrogen (secondary N) is 1. The smallest absolute Gasteiger partial charge is 0.335 e. The number of para-hydroxylation sites is 1. The third-order valence-corrected chi connectivity index (χ3v) is 5.11. The standard InChI is InChI=1S/C21H22N2O2/c24-21(25)16-10-8-15(9-11-16)14-23-12-4-3-7-20(23)19-13-17-5-1-2-6-18(17)22-19/h1-2,5-6,8-11,13,20,22H,3-4,7,12,14H2,(H,24,25). The van der Waals surface area contributed by atoms with Crippen LogP contribution in [-0.4, -0.2) is 27.5 Å². The summed E-state index contributed by atoms with van der Waals surface area (Å²) in [6, 6.07) is 18.3. The Balaban J connectivity index is 1.57. The Bertz CT molecular complexity index is 849. The fourth-order valence-electron chi connectivity index (χ4n) is 3.80. The van der Waals surface area contributed by atoms with Crippen molar-refractivity contribution in [3.63, 3.8) is 0 Å². The van der Waals surface area contributed by atoms with Crippen molar-refractivity contribution in [2.24, 2.45) is 0 Å². The predicted molar refractivity (Wildman–Crippen MR) is 98.7 cm³/mol. The normalized spacial score (nSPS) is 18.5. The molecule has 0 saturated carbocycles. The molecule has 25 heavy (non-hydrogen) atoms. The molecule has 2 heterocycles. The van der Waals surface area contributed by atoms with Crippen molar-refractivity contribution < 1.29 is 9.90 Å². The molecule has 4 nitrogen and oxygen atoms in total. The summed E-state index contributed by atoms with van der Waals surface area (Å²) in [7, 11) is 0. The molecular weight excluding hydrogens is 312 g/mol. The van der Waals surface area contributed by atoms with Gasteiger partial charge in [-0.2, -0.15) is 0 Å². The van der Waals surface area contributed by atoms with Crippen LogP contribution in [0.4, 0.5) is 0 Å². The van der Waals surface area contributed by atoms with E-state index in [0.717, 1.165) is 25.1 Å². The summed E-state index contributed by atoms with van der Waals surface area (Å²) in [5.41, 5.74) is 3.97. The van der Waals surface area contributed by atoms with Gasteiger partial charge in [-0.05, 0) is 54.6 Å². The fourth-order valence-corrected chi connectivity index (χ4v) is 3.80. The van der Waals surface area contributed by atoms with Crippen molar-refractivity contribution in [2.75, 3.05) is 6.54 Å². The van der Waals surface area contributed by atoms with Gasteiger partial charge in [-0.25, -0.2) is 4.79 Å². The Morgan fingerprint density at radius 3 is 2.68 bits per heavy atom. The lowest BCUT2D eigenvalue weighted by Gasteiger charge is -2.35. The number of likely N-dealkylation sites (tertiary alicyclic amines) is 1. The number of aromatic amines is 1. The van der Waals surface area contributed by atoms with Gasteiger partial charge in [0.2, 0.25) is 0 Å². The van der Waals surface area contributed by atoms with E-state index in [9.17, 15) is 4.79 Å². The van der Waals surface area contributed by atoms with Crippen LogP contribution in [0.5, 0.6) is 0 Å². The molecule has 2 N–H and O–H groups in total. The van der Waals surface area contributed by atoms with Gasteiger partial charge in [-0.1, -0.05) is 36.8 Å². The van der Waals surface area contributed by atoms with Gasteiger partial charge in [0.15, 0.2) is 0 Å². The number of carbonyl (C=O) groups is 1. The zero-order valence-electron chi connectivity index (χ0n) is 14.1. The molecule has 1 aromatic heterocycles. The quantitative estimate of drug-likeness (QED) is 0.733. The monoisotopic (exact) mass is 334 g/mol. The van der Waals surface area contributed by atoms with Crippen LogP contribution in [0.25, 0.3) is 10.9 Å². The summed E-state index contributed by atoms with van der Waals surface area (Å²) in [6.07, 6.45) is 3.61. The fraction of sp³-hybridized carbons (Fsp3) is 0.286. The van der Waals surface area contributed by atoms with E-state index in [1.54, 1.807) is 12.1 Å². The first-order valence-corrected chi connectivity index (χ1v) is 8.84. The summed E-state index contributed by atoms with van der Waals surface area (Å²) in [4.78, 5) is 17.1. The van der Waals surface area contributed by atoms with E-state index in [1.165, 1.54) is 29.4 Å². The van der Waals surface area contributed by atoms with Crippen LogP contribution in [0, 0.1) is 0 Å². The molecule has 0 radical (unpaired) electrons. The number of hydrogen-bond acceptors (Lipinski definition) is 2. The van der Waals surface area contributed by atoms with Crippen LogP contribution in [0.1, 0.15) is 46.9 Å². The molecule has 0 amide bonds. The highest BCUT2D eigenvalue weighted by Gasteiger charge is 2.25. The third-order valence-electron chi connectivity index (χ3n) is 5.11. The zero-order valence-corrected chi connectivity index (χ0v) is 14.1. The maximum absolute atomic E-state index is 11.0. The van der Waals surface area contributed by atoms with E-state index in [2.05, 4.69) is 40.2 Å². The molecule has 4 heteroatoms. The van der Waals surface area contributed by atoms with Gasteiger partial charge in [0.1, 0.15) is 0 Å². The SMILES string of the molecule is O=C(O)c1ccc(CN2CCCCC2c2cc3ccccc3[nH]2)cc1. The number of aromatic carboxylic acids is 1. The Morgan fingerprint density at radius 2 is 1.92 bits per heavy atom. The summed E-state index contributed by atoms with van der Waals surface area (Å²) < 4.78 is 0. The van der Waals surface area contributed by atoms with Gasteiger partial charge < -0.3 is 10.1 Å². The molecule has 1 atom stereocenters. The van der Waals surface area contributed by atoms with Crippen molar-refractivity contribution >= 4 is 16.9 Å². The van der Waals surface area contributed by atoms with E-state index in [1.807, 2.05) is 12.1 Å². The molecule has 4 rings (SSSR count). The number of hydrogen-bond donors (Lipinski definition) is 2. The van der Waals surface area contributed by atoms with Gasteiger partial charge in [0, 0.05) is 17.8 Å². The molecule has 0 spiro atoms. The van der Waals surface area contributed by atoms with Gasteiger partial charge in [0.25, 0.3) is 0 Å². The number of fused-ring (bicyclic) bond motifs is 1. The number of carboxylic acid groups (broad SMARTS) is 1. The van der Waals surface area contributed by atoms with E-state index >= 15 is 0 Å². The van der Waals surface area contributed by atoms with Crippen LogP contribution in [0.2, 0.25) is 0 Å². The molecule has 2 aromatic carbocycles. The molecule has 3 aromatic rings. The largest absolute Gasteiger partial charge is 0.478 e. The molecule has 1 unspecified atom stereocenters. The maximum Gasteiger partial charge on any atom is 0.335 e. The zero-order chi connectivity index (χ0) is 17.2. The van der Waals surface area contributed by atoms with Gasteiger partial charge >= 0.3 is 5.97 Å². The lowest BCUT2D eigenvalue weighted by molar-refractivity contribution is 0.0697. The molecular formula is C21H22N2O2. The highest BCUT2D eigenvalue weighted by Crippen LogP contribution is 2.33. The van der Waals surface area contributed by atoms with E-state index < -0.39 is 5.97 Å². The summed E-state index contributed by atoms with van der Waals surface area (Å²) in [5, 5.41) is 10.3. The summed E-state index contributed by atoms with van der Waals surface area (Å²) in [5.74, 6) is -0.875. The molecule has 0 bridgehead atoms. The third kappa shape index (κ3) is 3.30. The van der Waals surface area contributed by atoms with Gasteiger partial charge in [-0.3, -0.25) is 4.90 Å². The van der Waals surface area contributed by atoms with Crippen LogP contribution in [-0.2, 0) is 6.54 Å². The minimum atomic E-state index is -0.875. The van der Waals surface area contributed by atoms with Gasteiger partial charge in [0.05, 0.1) is 11.6 Å². The molecule has 1 fully saturated rings. The second-order valence-corrected chi connectivity index (χ2v) is 6.80. The summed E-state index contributed by atoms with van der Waals surface area (Å²) in [6.45, 7) is 1.92. The molecule has 1 aliphatic heterocycles. The van der Waals surface area contributed by atoms with E-state index in [0.29, 0.717) is 11.6 Å². The van der Waals surface area contributed by atoms with Gasteiger partial charge in [-0.15, -0.1) is 0 Å². The molecule has 1 saturated heterocycles. The molecule has 1 aliphatic rings. The average Bonchev–Trinajstić information content (AvgIpc) is 3.06. The number of aromatic nitrogens is 1. The minimum absolute atomic E-state index is 0.342. The molecule has 128 valence electrons. The first kappa shape index (κ1) is 15.9. The number of piperidine rings is 1. The Labute approximate surface area is 147 Å². The Kier molecular flexibility index (Phi) is 4.28. The second-order valence-electron chi connectivity index (χ2n) is 6.80. The van der Waals surface area contributed by atoms with Crippen molar-refractivity contribution in [3.8, 4) is 0 Å². The minimum Gasteiger partial charge on any atom is -0.478 e. The predicted octanol–water partition coefficient (Wildman–Crippen LogP) is 4.59. The first-order valence-electron chi connectivity index (χ1n) is 8.84. The van der Waals surface area contributed by atoms with E-state index in [-0.39, 0.29) is 0 Å². The first-order chi connectivity index (χ1) is 12.2. The van der Waals surface area contributed by atoms with Crippen LogP contribution < -0.4 is 0 Å². The highest BCUT2D eigenvalue weighted by molar-refractivity contribution is 5.87. The van der Waals surface area contributed by atoms with Crippen molar-refractivity contribution in [3.05, 3.63) is 71.4 Å². The highest BCUT2D eigenvalue weighted by atomic mass is 16.4. The lowest BCUT2D eigenvalue weighted by atomic mass is 9.98. The average molecular weight is 334 g/mol. The topological polar surface area (TPSA) is 56.3 Å². The van der Waals surface area contributed by atoms with Crippen LogP contribution in [0.3, 0.4) is 0 Å². The van der Waals surface area contributed by atoms with Crippen LogP contribution >= 0.6 is 0 Å². The second kappa shape index (κ2) is 6.73. The molecule has 0 aliphatic carbocycles. The Morgan fingerprint density at radius 1 is 1.12 bits per heavy atom. The van der Waals surface area contributed by atoms with Crippen molar-refractivity contribution in [1.82, 2.24) is 9.88 Å².